The predicted molar refractivity (Wildman–Crippen MR) is 145 cm³/mol. The van der Waals surface area contributed by atoms with Crippen molar-refractivity contribution in [2.45, 2.75) is 17.7 Å². The molecule has 1 fully saturated rings. The van der Waals surface area contributed by atoms with E-state index in [1.54, 1.807) is 52.4 Å². The molecule has 2 heterocycles. The van der Waals surface area contributed by atoms with Gasteiger partial charge in [0.15, 0.2) is 0 Å². The third kappa shape index (κ3) is 6.90. The van der Waals surface area contributed by atoms with E-state index in [9.17, 15) is 22.8 Å². The lowest BCUT2D eigenvalue weighted by molar-refractivity contribution is -0.138. The van der Waals surface area contributed by atoms with Crippen molar-refractivity contribution in [2.24, 2.45) is 0 Å². The van der Waals surface area contributed by atoms with Crippen molar-refractivity contribution in [3.8, 4) is 0 Å². The normalized spacial score (nSPS) is 13.5. The van der Waals surface area contributed by atoms with Crippen molar-refractivity contribution in [1.82, 2.24) is 20.1 Å². The molecule has 0 aliphatic carbocycles. The Morgan fingerprint density at radius 2 is 1.67 bits per heavy atom. The summed E-state index contributed by atoms with van der Waals surface area (Å²) in [4.78, 5) is 44.2. The molecule has 0 unspecified atom stereocenters. The smallest absolute Gasteiger partial charge is 0.317 e. The number of nitrogens with one attached hydrogen (secondary N) is 2. The second-order valence-corrected chi connectivity index (χ2v) is 10.4. The van der Waals surface area contributed by atoms with E-state index in [1.165, 1.54) is 18.2 Å². The number of carbonyl (C=O) groups is 3. The number of amides is 3. The molecule has 12 heteroatoms. The molecule has 4 rings (SSSR count). The van der Waals surface area contributed by atoms with Gasteiger partial charge in [-0.05, 0) is 42.8 Å². The Hall–Kier alpha value is -4.45. The van der Waals surface area contributed by atoms with Gasteiger partial charge in [-0.2, -0.15) is 0 Å². The van der Waals surface area contributed by atoms with Crippen LogP contribution in [0.1, 0.15) is 23.2 Å². The van der Waals surface area contributed by atoms with Gasteiger partial charge in [0.25, 0.3) is 15.9 Å². The van der Waals surface area contributed by atoms with Gasteiger partial charge < -0.3 is 19.9 Å². The predicted octanol–water partition coefficient (Wildman–Crippen LogP) is 2.97. The number of sulfonamides is 1. The summed E-state index contributed by atoms with van der Waals surface area (Å²) in [6, 6.07) is 14.4. The molecule has 1 aliphatic heterocycles. The number of ether oxygens (including phenoxy) is 1. The summed E-state index contributed by atoms with van der Waals surface area (Å²) in [5.41, 5.74) is 1.10. The molecular formula is C27H29N5O6S. The van der Waals surface area contributed by atoms with Gasteiger partial charge in [-0.15, -0.1) is 0 Å². The lowest BCUT2D eigenvalue weighted by Gasteiger charge is -2.34. The van der Waals surface area contributed by atoms with Crippen LogP contribution in [0.15, 0.2) is 78.5 Å². The number of urea groups is 1. The summed E-state index contributed by atoms with van der Waals surface area (Å²) in [6.07, 6.45) is 3.24. The average Bonchev–Trinajstić information content (AvgIpc) is 2.95. The zero-order valence-electron chi connectivity index (χ0n) is 21.2. The number of para-hydroxylation sites is 1. The minimum absolute atomic E-state index is 0.0675. The Kier molecular flexibility index (Phi) is 8.77. The van der Waals surface area contributed by atoms with Gasteiger partial charge in [0.2, 0.25) is 0 Å². The van der Waals surface area contributed by atoms with Crippen LogP contribution in [0.2, 0.25) is 0 Å². The molecule has 1 aromatic heterocycles. The lowest BCUT2D eigenvalue weighted by Crippen LogP contribution is -2.53. The summed E-state index contributed by atoms with van der Waals surface area (Å²) < 4.78 is 33.2. The van der Waals surface area contributed by atoms with Gasteiger partial charge in [0.1, 0.15) is 4.90 Å². The van der Waals surface area contributed by atoms with E-state index in [4.69, 9.17) is 0 Å². The summed E-state index contributed by atoms with van der Waals surface area (Å²) in [5, 5.41) is 3.47. The molecule has 0 saturated carbocycles. The highest BCUT2D eigenvalue weighted by atomic mass is 32.2. The Balaban J connectivity index is 1.29. The van der Waals surface area contributed by atoms with Gasteiger partial charge in [-0.3, -0.25) is 19.3 Å². The quantitative estimate of drug-likeness (QED) is 0.237. The van der Waals surface area contributed by atoms with Gasteiger partial charge in [0, 0.05) is 62.0 Å². The van der Waals surface area contributed by atoms with Crippen LogP contribution in [0, 0.1) is 0 Å². The van der Waals surface area contributed by atoms with E-state index in [0.717, 1.165) is 6.26 Å². The van der Waals surface area contributed by atoms with Crippen molar-refractivity contribution in [3.63, 3.8) is 0 Å². The number of hydrogen-bond donors (Lipinski definition) is 2. The molecule has 2 N–H and O–H groups in total. The highest BCUT2D eigenvalue weighted by Crippen LogP contribution is 2.23. The second-order valence-electron chi connectivity index (χ2n) is 8.79. The Morgan fingerprint density at radius 3 is 2.38 bits per heavy atom. The number of fused-ring (bicyclic) bond motifs is 1. The monoisotopic (exact) mass is 551 g/mol. The fraction of sp³-hybridized carbons (Fsp3) is 0.259. The maximum atomic E-state index is 13.0. The maximum Gasteiger partial charge on any atom is 0.317 e. The van der Waals surface area contributed by atoms with Crippen molar-refractivity contribution in [1.29, 1.82) is 0 Å². The number of rotatable bonds is 9. The average molecular weight is 552 g/mol. The van der Waals surface area contributed by atoms with Crippen LogP contribution in [-0.4, -0.2) is 73.8 Å². The first-order chi connectivity index (χ1) is 18.8. The first-order valence-corrected chi connectivity index (χ1v) is 13.9. The maximum absolute atomic E-state index is 13.0. The summed E-state index contributed by atoms with van der Waals surface area (Å²) in [6.45, 7) is 5.11. The van der Waals surface area contributed by atoms with E-state index in [1.807, 2.05) is 0 Å². The van der Waals surface area contributed by atoms with Crippen LogP contribution in [0.5, 0.6) is 0 Å². The molecule has 2 aromatic carbocycles. The van der Waals surface area contributed by atoms with Gasteiger partial charge in [-0.1, -0.05) is 24.8 Å². The van der Waals surface area contributed by atoms with E-state index < -0.39 is 16.0 Å². The molecule has 3 amide bonds. The van der Waals surface area contributed by atoms with Gasteiger partial charge in [-0.25, -0.2) is 13.2 Å². The van der Waals surface area contributed by atoms with Crippen LogP contribution in [0.3, 0.4) is 0 Å². The van der Waals surface area contributed by atoms with E-state index in [2.05, 4.69) is 26.3 Å². The Morgan fingerprint density at radius 1 is 0.974 bits per heavy atom. The van der Waals surface area contributed by atoms with Crippen molar-refractivity contribution in [2.75, 3.05) is 37.4 Å². The second kappa shape index (κ2) is 12.4. The van der Waals surface area contributed by atoms with Crippen LogP contribution in [0.4, 0.5) is 10.5 Å². The van der Waals surface area contributed by atoms with E-state index in [0.29, 0.717) is 61.3 Å². The molecule has 1 aliphatic rings. The van der Waals surface area contributed by atoms with Crippen molar-refractivity contribution in [3.05, 3.63) is 79.2 Å². The fourth-order valence-electron chi connectivity index (χ4n) is 4.17. The Bertz CT molecular complexity index is 1460. The number of anilines is 1. The third-order valence-electron chi connectivity index (χ3n) is 6.17. The molecule has 204 valence electrons. The molecule has 3 aromatic rings. The molecule has 0 bridgehead atoms. The number of aromatic nitrogens is 1. The number of piperazine rings is 1. The van der Waals surface area contributed by atoms with Crippen LogP contribution >= 0.6 is 0 Å². The van der Waals surface area contributed by atoms with Gasteiger partial charge in [0.05, 0.1) is 11.8 Å². The van der Waals surface area contributed by atoms with Crippen molar-refractivity contribution >= 4 is 44.5 Å². The Labute approximate surface area is 226 Å². The van der Waals surface area contributed by atoms with Crippen LogP contribution < -0.4 is 10.0 Å². The highest BCUT2D eigenvalue weighted by Gasteiger charge is 2.25. The number of nitrogens with zero attached hydrogens (tertiary/aromatic N) is 3. The number of pyridine rings is 1. The summed E-state index contributed by atoms with van der Waals surface area (Å²) >= 11 is 0. The number of benzene rings is 2. The number of esters is 1. The SMILES string of the molecule is C=COC(=O)CCCNC(=O)N1CCN(C(=O)c2ccc(NS(=O)(=O)c3cccc4cccnc34)cc2)CC1. The largest absolute Gasteiger partial charge is 0.435 e. The van der Waals surface area contributed by atoms with Crippen LogP contribution in [-0.2, 0) is 19.6 Å². The molecule has 39 heavy (non-hydrogen) atoms. The molecule has 0 spiro atoms. The number of hydrogen-bond acceptors (Lipinski definition) is 7. The lowest BCUT2D eigenvalue weighted by atomic mass is 10.1. The number of carbonyl (C=O) groups excluding carboxylic acids is 3. The summed E-state index contributed by atoms with van der Waals surface area (Å²) in [7, 11) is -3.90. The zero-order chi connectivity index (χ0) is 27.8. The molecule has 0 atom stereocenters. The van der Waals surface area contributed by atoms with Crippen LogP contribution in [0.25, 0.3) is 10.9 Å². The van der Waals surface area contributed by atoms with Gasteiger partial charge >= 0.3 is 12.0 Å². The molecule has 11 nitrogen and oxygen atoms in total. The standard InChI is InChI=1S/C27H29N5O6S/c1-2-38-24(33)9-5-15-29-27(35)32-18-16-31(17-19-32)26(34)21-10-12-22(13-11-21)30-39(36,37)23-8-3-6-20-7-4-14-28-25(20)23/h2-4,6-8,10-14,30H,1,5,9,15-19H2,(H,29,35). The third-order valence-corrected chi connectivity index (χ3v) is 7.58. The summed E-state index contributed by atoms with van der Waals surface area (Å²) in [5.74, 6) is -0.609. The first kappa shape index (κ1) is 27.6. The zero-order valence-corrected chi connectivity index (χ0v) is 22.0. The molecule has 1 saturated heterocycles. The molecular weight excluding hydrogens is 522 g/mol. The van der Waals surface area contributed by atoms with E-state index in [-0.39, 0.29) is 23.3 Å². The topological polar surface area (TPSA) is 138 Å². The molecule has 0 radical (unpaired) electrons. The minimum atomic E-state index is -3.90. The minimum Gasteiger partial charge on any atom is -0.435 e. The fourth-order valence-corrected chi connectivity index (χ4v) is 5.41. The highest BCUT2D eigenvalue weighted by molar-refractivity contribution is 7.93. The first-order valence-electron chi connectivity index (χ1n) is 12.4. The van der Waals surface area contributed by atoms with Crippen molar-refractivity contribution < 1.29 is 27.5 Å². The van der Waals surface area contributed by atoms with E-state index >= 15 is 0 Å².